The zero-order chi connectivity index (χ0) is 12.3. The van der Waals surface area contributed by atoms with E-state index in [9.17, 15) is 4.79 Å². The van der Waals surface area contributed by atoms with Gasteiger partial charge in [0.15, 0.2) is 0 Å². The van der Waals surface area contributed by atoms with Crippen LogP contribution in [0, 0.1) is 0 Å². The predicted molar refractivity (Wildman–Crippen MR) is 71.2 cm³/mol. The first-order chi connectivity index (χ1) is 8.33. The fraction of sp³-hybridized carbons (Fsp3) is 0.583. The summed E-state index contributed by atoms with van der Waals surface area (Å²) >= 11 is 1.75. The third kappa shape index (κ3) is 6.94. The Kier molecular flexibility index (Phi) is 7.38. The number of carbonyl (C=O) groups excluding carboxylic acids is 1. The summed E-state index contributed by atoms with van der Waals surface area (Å²) in [6.07, 6.45) is 3.80. The highest BCUT2D eigenvalue weighted by Crippen LogP contribution is 2.11. The molecular formula is C12H20N2O2S. The van der Waals surface area contributed by atoms with Crippen molar-refractivity contribution >= 4 is 17.8 Å². The molecule has 0 saturated carbocycles. The molecule has 0 aliphatic rings. The van der Waals surface area contributed by atoms with Crippen molar-refractivity contribution < 1.29 is 9.21 Å². The van der Waals surface area contributed by atoms with E-state index in [0.29, 0.717) is 6.54 Å². The van der Waals surface area contributed by atoms with Gasteiger partial charge in [-0.3, -0.25) is 0 Å². The number of hydrogen-bond donors (Lipinski definition) is 2. The number of unbranched alkanes of at least 4 members (excludes halogenated alkanes) is 1. The lowest BCUT2D eigenvalue weighted by atomic mass is 10.3. The molecule has 0 aromatic carbocycles. The molecule has 0 fully saturated rings. The molecule has 0 saturated heterocycles. The lowest BCUT2D eigenvalue weighted by molar-refractivity contribution is 0.241. The molecule has 0 aliphatic heterocycles. The monoisotopic (exact) mass is 256 g/mol. The Bertz CT molecular complexity index is 301. The lowest BCUT2D eigenvalue weighted by Crippen LogP contribution is -2.37. The first kappa shape index (κ1) is 14.0. The first-order valence-electron chi connectivity index (χ1n) is 5.94. The van der Waals surface area contributed by atoms with Gasteiger partial charge in [0.05, 0.1) is 12.0 Å². The van der Waals surface area contributed by atoms with Crippen molar-refractivity contribution in [3.8, 4) is 0 Å². The van der Waals surface area contributed by atoms with Gasteiger partial charge in [-0.25, -0.2) is 4.79 Å². The van der Waals surface area contributed by atoms with Crippen LogP contribution in [-0.2, 0) is 5.75 Å². The topological polar surface area (TPSA) is 54.3 Å². The Morgan fingerprint density at radius 3 is 2.94 bits per heavy atom. The van der Waals surface area contributed by atoms with Crippen molar-refractivity contribution in [1.29, 1.82) is 0 Å². The van der Waals surface area contributed by atoms with Crippen LogP contribution in [-0.4, -0.2) is 24.9 Å². The molecule has 0 bridgehead atoms. The number of hydrogen-bond acceptors (Lipinski definition) is 3. The summed E-state index contributed by atoms with van der Waals surface area (Å²) in [5.41, 5.74) is 0. The molecule has 0 atom stereocenters. The summed E-state index contributed by atoms with van der Waals surface area (Å²) in [6.45, 7) is 3.54. The number of urea groups is 1. The molecule has 0 radical (unpaired) electrons. The smallest absolute Gasteiger partial charge is 0.314 e. The molecule has 4 nitrogen and oxygen atoms in total. The van der Waals surface area contributed by atoms with Crippen molar-refractivity contribution in [1.82, 2.24) is 10.6 Å². The second kappa shape index (κ2) is 8.98. The van der Waals surface area contributed by atoms with Crippen LogP contribution in [0.4, 0.5) is 4.79 Å². The molecule has 2 N–H and O–H groups in total. The van der Waals surface area contributed by atoms with E-state index in [-0.39, 0.29) is 6.03 Å². The maximum atomic E-state index is 11.3. The van der Waals surface area contributed by atoms with Crippen LogP contribution in [0.3, 0.4) is 0 Å². The van der Waals surface area contributed by atoms with Crippen molar-refractivity contribution in [2.75, 3.05) is 18.8 Å². The maximum Gasteiger partial charge on any atom is 0.314 e. The van der Waals surface area contributed by atoms with Gasteiger partial charge in [0, 0.05) is 18.8 Å². The first-order valence-corrected chi connectivity index (χ1v) is 7.10. The van der Waals surface area contributed by atoms with Crippen molar-refractivity contribution in [3.05, 3.63) is 24.2 Å². The van der Waals surface area contributed by atoms with Crippen molar-refractivity contribution in [2.24, 2.45) is 0 Å². The molecule has 0 spiro atoms. The van der Waals surface area contributed by atoms with E-state index in [2.05, 4.69) is 17.6 Å². The molecule has 17 heavy (non-hydrogen) atoms. The number of thioether (sulfide) groups is 1. The number of rotatable bonds is 8. The molecule has 0 aliphatic carbocycles. The predicted octanol–water partition coefficient (Wildman–Crippen LogP) is 2.61. The van der Waals surface area contributed by atoms with Gasteiger partial charge in [-0.2, -0.15) is 11.8 Å². The molecule has 2 amide bonds. The quantitative estimate of drug-likeness (QED) is 0.703. The van der Waals surface area contributed by atoms with E-state index in [0.717, 1.165) is 36.7 Å². The molecular weight excluding hydrogens is 236 g/mol. The summed E-state index contributed by atoms with van der Waals surface area (Å²) < 4.78 is 5.21. The van der Waals surface area contributed by atoms with Gasteiger partial charge in [-0.15, -0.1) is 0 Å². The Morgan fingerprint density at radius 1 is 1.41 bits per heavy atom. The third-order valence-corrected chi connectivity index (χ3v) is 3.15. The second-order valence-corrected chi connectivity index (χ2v) is 4.77. The maximum absolute atomic E-state index is 11.3. The van der Waals surface area contributed by atoms with E-state index < -0.39 is 0 Å². The SMILES string of the molecule is CCCCNC(=O)NCCSCc1ccco1. The normalized spacial score (nSPS) is 10.2. The van der Waals surface area contributed by atoms with E-state index >= 15 is 0 Å². The van der Waals surface area contributed by atoms with Crippen LogP contribution in [0.5, 0.6) is 0 Å². The number of furan rings is 1. The minimum absolute atomic E-state index is 0.0722. The van der Waals surface area contributed by atoms with Gasteiger partial charge in [0.25, 0.3) is 0 Å². The minimum Gasteiger partial charge on any atom is -0.468 e. The fourth-order valence-electron chi connectivity index (χ4n) is 1.25. The summed E-state index contributed by atoms with van der Waals surface area (Å²) in [5, 5.41) is 5.63. The highest BCUT2D eigenvalue weighted by Gasteiger charge is 1.99. The Labute approximate surface area is 107 Å². The molecule has 96 valence electrons. The summed E-state index contributed by atoms with van der Waals surface area (Å²) in [6, 6.07) is 3.77. The Balaban J connectivity index is 1.91. The highest BCUT2D eigenvalue weighted by atomic mass is 32.2. The minimum atomic E-state index is -0.0722. The van der Waals surface area contributed by atoms with Gasteiger partial charge >= 0.3 is 6.03 Å². The van der Waals surface area contributed by atoms with E-state index in [4.69, 9.17) is 4.42 Å². The van der Waals surface area contributed by atoms with Gasteiger partial charge in [0.2, 0.25) is 0 Å². The Morgan fingerprint density at radius 2 is 2.24 bits per heavy atom. The zero-order valence-corrected chi connectivity index (χ0v) is 11.0. The van der Waals surface area contributed by atoms with E-state index in [1.54, 1.807) is 18.0 Å². The van der Waals surface area contributed by atoms with Crippen LogP contribution in [0.15, 0.2) is 22.8 Å². The average Bonchev–Trinajstić information content (AvgIpc) is 2.82. The molecule has 1 heterocycles. The molecule has 1 aromatic rings. The van der Waals surface area contributed by atoms with Gasteiger partial charge in [0.1, 0.15) is 5.76 Å². The average molecular weight is 256 g/mol. The van der Waals surface area contributed by atoms with Crippen LogP contribution in [0.2, 0.25) is 0 Å². The highest BCUT2D eigenvalue weighted by molar-refractivity contribution is 7.98. The van der Waals surface area contributed by atoms with Crippen LogP contribution >= 0.6 is 11.8 Å². The van der Waals surface area contributed by atoms with Gasteiger partial charge in [-0.1, -0.05) is 13.3 Å². The molecule has 0 unspecified atom stereocenters. The summed E-state index contributed by atoms with van der Waals surface area (Å²) in [4.78, 5) is 11.3. The molecule has 1 rings (SSSR count). The van der Waals surface area contributed by atoms with Crippen molar-refractivity contribution in [2.45, 2.75) is 25.5 Å². The number of nitrogens with one attached hydrogen (secondary N) is 2. The molecule has 1 aromatic heterocycles. The molecule has 5 heteroatoms. The second-order valence-electron chi connectivity index (χ2n) is 3.67. The Hall–Kier alpha value is -1.10. The fourth-order valence-corrected chi connectivity index (χ4v) is 2.00. The van der Waals surface area contributed by atoms with Gasteiger partial charge in [-0.05, 0) is 18.6 Å². The summed E-state index contributed by atoms with van der Waals surface area (Å²) in [7, 11) is 0. The van der Waals surface area contributed by atoms with Crippen molar-refractivity contribution in [3.63, 3.8) is 0 Å². The van der Waals surface area contributed by atoms with Crippen LogP contribution in [0.25, 0.3) is 0 Å². The van der Waals surface area contributed by atoms with Crippen LogP contribution < -0.4 is 10.6 Å². The standard InChI is InChI=1S/C12H20N2O2S/c1-2-3-6-13-12(15)14-7-9-17-10-11-5-4-8-16-11/h4-5,8H,2-3,6-7,9-10H2,1H3,(H2,13,14,15). The van der Waals surface area contributed by atoms with Crippen LogP contribution in [0.1, 0.15) is 25.5 Å². The zero-order valence-electron chi connectivity index (χ0n) is 10.2. The number of amides is 2. The number of carbonyl (C=O) groups is 1. The lowest BCUT2D eigenvalue weighted by Gasteiger charge is -2.06. The van der Waals surface area contributed by atoms with E-state index in [1.165, 1.54) is 0 Å². The van der Waals surface area contributed by atoms with E-state index in [1.807, 2.05) is 12.1 Å². The largest absolute Gasteiger partial charge is 0.468 e. The van der Waals surface area contributed by atoms with Gasteiger partial charge < -0.3 is 15.1 Å². The summed E-state index contributed by atoms with van der Waals surface area (Å²) in [5.74, 6) is 2.72. The third-order valence-electron chi connectivity index (χ3n) is 2.17.